The molecule has 0 radical (unpaired) electrons. The van der Waals surface area contributed by atoms with Gasteiger partial charge in [0.05, 0.1) is 18.3 Å². The number of piperidine rings is 1. The summed E-state index contributed by atoms with van der Waals surface area (Å²) in [5, 5.41) is 15.0. The van der Waals surface area contributed by atoms with Crippen LogP contribution in [0.25, 0.3) is 16.9 Å². The van der Waals surface area contributed by atoms with Crippen LogP contribution >= 0.6 is 0 Å². The summed E-state index contributed by atoms with van der Waals surface area (Å²) in [7, 11) is 0. The van der Waals surface area contributed by atoms with Gasteiger partial charge in [0.25, 0.3) is 0 Å². The first-order chi connectivity index (χ1) is 15.5. The number of aromatic nitrogens is 6. The molecule has 0 bridgehead atoms. The molecular weight excluding hydrogens is 432 g/mol. The fourth-order valence-corrected chi connectivity index (χ4v) is 5.07. The molecule has 3 aromatic heterocycles. The van der Waals surface area contributed by atoms with Gasteiger partial charge in [0.1, 0.15) is 11.8 Å². The summed E-state index contributed by atoms with van der Waals surface area (Å²) < 4.78 is 30.1. The Balaban J connectivity index is 1.39. The van der Waals surface area contributed by atoms with E-state index in [2.05, 4.69) is 39.3 Å². The number of ether oxygens (including phenoxy) is 1. The first kappa shape index (κ1) is 21.3. The van der Waals surface area contributed by atoms with Crippen LogP contribution in [-0.2, 0) is 11.1 Å². The van der Waals surface area contributed by atoms with Crippen molar-refractivity contribution in [3.8, 4) is 17.1 Å². The lowest BCUT2D eigenvalue weighted by Crippen LogP contribution is -2.46. The quantitative estimate of drug-likeness (QED) is 0.505. The van der Waals surface area contributed by atoms with E-state index in [0.717, 1.165) is 24.8 Å². The highest BCUT2D eigenvalue weighted by molar-refractivity contribution is 7.79. The normalized spacial score (nSPS) is 27.2. The lowest BCUT2D eigenvalue weighted by atomic mass is 9.84. The molecule has 1 aliphatic heterocycles. The molecule has 1 unspecified atom stereocenters. The Morgan fingerprint density at radius 2 is 2.19 bits per heavy atom. The number of likely N-dealkylation sites (tertiary alicyclic amines) is 1. The minimum absolute atomic E-state index is 0.0760. The zero-order valence-electron chi connectivity index (χ0n) is 18.1. The predicted molar refractivity (Wildman–Crippen MR) is 118 cm³/mol. The van der Waals surface area contributed by atoms with Crippen LogP contribution in [0.2, 0.25) is 0 Å². The van der Waals surface area contributed by atoms with E-state index in [1.165, 1.54) is 0 Å². The van der Waals surface area contributed by atoms with Gasteiger partial charge in [-0.1, -0.05) is 13.8 Å². The molecule has 5 rings (SSSR count). The summed E-state index contributed by atoms with van der Waals surface area (Å²) in [4.78, 5) is 11.2. The van der Waals surface area contributed by atoms with Crippen molar-refractivity contribution in [1.82, 2.24) is 34.7 Å². The lowest BCUT2D eigenvalue weighted by molar-refractivity contribution is 0.0676. The van der Waals surface area contributed by atoms with Crippen molar-refractivity contribution in [2.75, 3.05) is 24.3 Å². The van der Waals surface area contributed by atoms with Gasteiger partial charge in [-0.2, -0.15) is 14.6 Å². The SMILES string of the molecule is CC1CC(Oc2c(-c3cn[nH]c3)ncc3nc(N[C@H]4CCN(CS(=O)[O-])C[C@H]4C)nn23)C1. The highest BCUT2D eigenvalue weighted by Gasteiger charge is 2.31. The molecule has 1 saturated heterocycles. The number of nitrogens with one attached hydrogen (secondary N) is 2. The van der Waals surface area contributed by atoms with Crippen LogP contribution in [0, 0.1) is 11.8 Å². The zero-order valence-corrected chi connectivity index (χ0v) is 18.9. The molecule has 4 heterocycles. The number of H-pyrrole nitrogens is 1. The highest BCUT2D eigenvalue weighted by atomic mass is 32.2. The number of nitrogens with zero attached hydrogens (tertiary/aromatic N) is 6. The summed E-state index contributed by atoms with van der Waals surface area (Å²) in [6.45, 7) is 5.75. The van der Waals surface area contributed by atoms with Crippen molar-refractivity contribution in [3.05, 3.63) is 18.6 Å². The smallest absolute Gasteiger partial charge is 0.244 e. The van der Waals surface area contributed by atoms with E-state index in [1.54, 1.807) is 23.1 Å². The molecule has 3 atom stereocenters. The Bertz CT molecular complexity index is 1100. The van der Waals surface area contributed by atoms with Crippen LogP contribution in [0.4, 0.5) is 5.95 Å². The topological polar surface area (TPSA) is 136 Å². The van der Waals surface area contributed by atoms with Crippen LogP contribution in [0.3, 0.4) is 0 Å². The van der Waals surface area contributed by atoms with Crippen LogP contribution < -0.4 is 10.1 Å². The molecule has 0 spiro atoms. The molecule has 11 nitrogen and oxygen atoms in total. The van der Waals surface area contributed by atoms with Gasteiger partial charge < -0.3 is 14.6 Å². The average Bonchev–Trinajstić information content (AvgIpc) is 3.38. The van der Waals surface area contributed by atoms with Crippen molar-refractivity contribution < 1.29 is 13.5 Å². The molecule has 3 aromatic rings. The number of hydrogen-bond acceptors (Lipinski definition) is 9. The van der Waals surface area contributed by atoms with Crippen LogP contribution in [0.5, 0.6) is 5.88 Å². The number of fused-ring (bicyclic) bond motifs is 1. The standard InChI is InChI=1S/C20H28N8O3S/c1-12-5-15(6-12)31-19-18(14-7-22-23-8-14)21-9-17-25-20(26-28(17)19)24-16-3-4-27(10-13(16)2)11-32(29)30/h7-9,12-13,15-16H,3-6,10-11H2,1-2H3,(H,22,23)(H,24,26)(H,29,30)/p-1/t12?,13-,15?,16+/m1/s1. The maximum absolute atomic E-state index is 11.0. The molecule has 12 heteroatoms. The Kier molecular flexibility index (Phi) is 5.82. The molecule has 172 valence electrons. The van der Waals surface area contributed by atoms with E-state index in [0.29, 0.717) is 42.2 Å². The van der Waals surface area contributed by atoms with Crippen LogP contribution in [-0.4, -0.2) is 74.6 Å². The number of hydrogen-bond donors (Lipinski definition) is 2. The van der Waals surface area contributed by atoms with Crippen molar-refractivity contribution in [2.45, 2.75) is 45.3 Å². The van der Waals surface area contributed by atoms with Crippen molar-refractivity contribution >= 4 is 22.7 Å². The first-order valence-corrected chi connectivity index (χ1v) is 12.2. The summed E-state index contributed by atoms with van der Waals surface area (Å²) >= 11 is -2.06. The molecule has 2 N–H and O–H groups in total. The minimum Gasteiger partial charge on any atom is -0.771 e. The maximum Gasteiger partial charge on any atom is 0.244 e. The van der Waals surface area contributed by atoms with Gasteiger partial charge in [0.2, 0.25) is 11.8 Å². The Morgan fingerprint density at radius 1 is 1.34 bits per heavy atom. The number of rotatable bonds is 7. The summed E-state index contributed by atoms with van der Waals surface area (Å²) in [5.74, 6) is 2.07. The van der Waals surface area contributed by atoms with E-state index < -0.39 is 11.1 Å². The highest BCUT2D eigenvalue weighted by Crippen LogP contribution is 2.35. The lowest BCUT2D eigenvalue weighted by Gasteiger charge is -2.37. The first-order valence-electron chi connectivity index (χ1n) is 10.9. The maximum atomic E-state index is 11.0. The Hall–Kier alpha value is -2.57. The fourth-order valence-electron chi connectivity index (χ4n) is 4.54. The third-order valence-corrected chi connectivity index (χ3v) is 6.88. The second kappa shape index (κ2) is 8.75. The third kappa shape index (κ3) is 4.34. The van der Waals surface area contributed by atoms with Gasteiger partial charge in [-0.05, 0) is 42.2 Å². The molecule has 0 aromatic carbocycles. The fraction of sp³-hybridized carbons (Fsp3) is 0.600. The van der Waals surface area contributed by atoms with E-state index in [9.17, 15) is 8.76 Å². The van der Waals surface area contributed by atoms with Crippen LogP contribution in [0.1, 0.15) is 33.1 Å². The van der Waals surface area contributed by atoms with Gasteiger partial charge in [0, 0.05) is 30.9 Å². The van der Waals surface area contributed by atoms with Gasteiger partial charge in [-0.15, -0.1) is 5.10 Å². The summed E-state index contributed by atoms with van der Waals surface area (Å²) in [6.07, 6.45) is 8.15. The van der Waals surface area contributed by atoms with Crippen molar-refractivity contribution in [2.24, 2.45) is 11.8 Å². The molecule has 2 aliphatic rings. The van der Waals surface area contributed by atoms with E-state index >= 15 is 0 Å². The molecule has 0 amide bonds. The van der Waals surface area contributed by atoms with Crippen molar-refractivity contribution in [1.29, 1.82) is 0 Å². The van der Waals surface area contributed by atoms with Gasteiger partial charge >= 0.3 is 0 Å². The zero-order chi connectivity index (χ0) is 22.2. The number of aromatic amines is 1. The van der Waals surface area contributed by atoms with Crippen LogP contribution in [0.15, 0.2) is 18.6 Å². The molecule has 32 heavy (non-hydrogen) atoms. The molecule has 1 saturated carbocycles. The van der Waals surface area contributed by atoms with Gasteiger partial charge in [0.15, 0.2) is 5.65 Å². The van der Waals surface area contributed by atoms with E-state index in [1.807, 2.05) is 4.90 Å². The summed E-state index contributed by atoms with van der Waals surface area (Å²) in [6, 6.07) is 0.155. The second-order valence-electron chi connectivity index (χ2n) is 8.95. The Morgan fingerprint density at radius 3 is 2.88 bits per heavy atom. The largest absolute Gasteiger partial charge is 0.771 e. The molecule has 2 fully saturated rings. The van der Waals surface area contributed by atoms with Gasteiger partial charge in [-0.25, -0.2) is 4.98 Å². The van der Waals surface area contributed by atoms with E-state index in [-0.39, 0.29) is 23.9 Å². The summed E-state index contributed by atoms with van der Waals surface area (Å²) in [5.41, 5.74) is 2.11. The van der Waals surface area contributed by atoms with E-state index in [4.69, 9.17) is 9.84 Å². The molecule has 1 aliphatic carbocycles. The monoisotopic (exact) mass is 459 g/mol. The predicted octanol–water partition coefficient (Wildman–Crippen LogP) is 1.65. The number of anilines is 1. The van der Waals surface area contributed by atoms with Crippen molar-refractivity contribution in [3.63, 3.8) is 0 Å². The second-order valence-corrected chi connectivity index (χ2v) is 9.81. The Labute approximate surface area is 188 Å². The minimum atomic E-state index is -2.06. The third-order valence-electron chi connectivity index (χ3n) is 6.31. The molecular formula is C20H27N8O3S-. The average molecular weight is 460 g/mol. The van der Waals surface area contributed by atoms with Gasteiger partial charge in [-0.3, -0.25) is 14.2 Å².